The first-order valence-corrected chi connectivity index (χ1v) is 5.61. The molecule has 0 radical (unpaired) electrons. The summed E-state index contributed by atoms with van der Waals surface area (Å²) in [5.41, 5.74) is 5.97. The Morgan fingerprint density at radius 2 is 2.18 bits per heavy atom. The molecule has 0 aliphatic carbocycles. The quantitative estimate of drug-likeness (QED) is 0.525. The zero-order valence-electron chi connectivity index (χ0n) is 10.6. The molecular weight excluding hydrogens is 216 g/mol. The van der Waals surface area contributed by atoms with Crippen molar-refractivity contribution in [3.63, 3.8) is 0 Å². The van der Waals surface area contributed by atoms with Crippen LogP contribution in [0.2, 0.25) is 0 Å². The molecule has 1 heterocycles. The van der Waals surface area contributed by atoms with Crippen LogP contribution in [0.5, 0.6) is 0 Å². The first kappa shape index (κ1) is 13.4. The fraction of sp³-hybridized carbons (Fsp3) is 0.500. The van der Waals surface area contributed by atoms with Crippen LogP contribution in [-0.2, 0) is 0 Å². The van der Waals surface area contributed by atoms with Gasteiger partial charge in [-0.15, -0.1) is 0 Å². The van der Waals surface area contributed by atoms with Crippen molar-refractivity contribution >= 4 is 11.5 Å². The maximum Gasteiger partial charge on any atom is 0.141 e. The monoisotopic (exact) mass is 236 g/mol. The van der Waals surface area contributed by atoms with E-state index in [0.717, 1.165) is 12.2 Å². The van der Waals surface area contributed by atoms with Gasteiger partial charge in [0, 0.05) is 13.1 Å². The first-order chi connectivity index (χ1) is 7.83. The van der Waals surface area contributed by atoms with Gasteiger partial charge in [-0.1, -0.05) is 0 Å². The van der Waals surface area contributed by atoms with E-state index in [1.165, 1.54) is 0 Å². The number of nitrogens with one attached hydrogen (secondary N) is 1. The molecule has 1 aromatic heterocycles. The van der Waals surface area contributed by atoms with E-state index >= 15 is 0 Å². The number of nitrogens with two attached hydrogens (primary N) is 1. The summed E-state index contributed by atoms with van der Waals surface area (Å²) in [6, 6.07) is 3.57. The molecule has 0 aromatic carbocycles. The lowest BCUT2D eigenvalue weighted by Gasteiger charge is -2.29. The summed E-state index contributed by atoms with van der Waals surface area (Å²) >= 11 is 0. The van der Waals surface area contributed by atoms with Gasteiger partial charge in [0.05, 0.1) is 17.5 Å². The predicted molar refractivity (Wildman–Crippen MR) is 69.4 cm³/mol. The second-order valence-corrected chi connectivity index (χ2v) is 4.64. The highest BCUT2D eigenvalue weighted by molar-refractivity contribution is 5.93. The van der Waals surface area contributed by atoms with Crippen molar-refractivity contribution in [3.05, 3.63) is 24.0 Å². The molecule has 0 unspecified atom stereocenters. The molecule has 0 saturated carbocycles. The van der Waals surface area contributed by atoms with Gasteiger partial charge in [-0.3, -0.25) is 10.4 Å². The van der Waals surface area contributed by atoms with Gasteiger partial charge in [0.15, 0.2) is 0 Å². The Labute approximate surface area is 102 Å². The minimum Gasteiger partial charge on any atom is -0.389 e. The van der Waals surface area contributed by atoms with E-state index in [2.05, 4.69) is 4.98 Å². The van der Waals surface area contributed by atoms with Crippen LogP contribution < -0.4 is 10.6 Å². The topological polar surface area (TPSA) is 86.2 Å². The maximum absolute atomic E-state index is 9.81. The van der Waals surface area contributed by atoms with Crippen LogP contribution in [0.1, 0.15) is 26.5 Å². The normalized spacial score (nSPS) is 11.3. The van der Waals surface area contributed by atoms with Crippen molar-refractivity contribution in [3.8, 4) is 0 Å². The molecule has 17 heavy (non-hydrogen) atoms. The lowest BCUT2D eigenvalue weighted by atomic mass is 10.1. The fourth-order valence-corrected chi connectivity index (χ4v) is 1.59. The Hall–Kier alpha value is -1.62. The third-order valence-corrected chi connectivity index (χ3v) is 2.35. The zero-order chi connectivity index (χ0) is 13.1. The molecule has 0 atom stereocenters. The van der Waals surface area contributed by atoms with Gasteiger partial charge in [0.2, 0.25) is 0 Å². The number of nitrogen functional groups attached to an aromatic ring is 1. The number of likely N-dealkylation sites (N-methyl/N-ethyl adjacent to an activating group) is 1. The maximum atomic E-state index is 9.81. The van der Waals surface area contributed by atoms with Crippen LogP contribution in [0.15, 0.2) is 18.3 Å². The van der Waals surface area contributed by atoms with Crippen molar-refractivity contribution in [2.24, 2.45) is 5.73 Å². The molecule has 1 aromatic rings. The van der Waals surface area contributed by atoms with Crippen molar-refractivity contribution in [1.82, 2.24) is 4.98 Å². The average Bonchev–Trinajstić information content (AvgIpc) is 2.25. The molecule has 0 aliphatic rings. The standard InChI is InChI=1S/C12H20N4O/c1-4-16(8-12(2,3)17)9-5-6-10(11(13)14)15-7-9/h5-7,17H,4,8H2,1-3H3,(H3,13,14). The van der Waals surface area contributed by atoms with Crippen molar-refractivity contribution in [2.45, 2.75) is 26.4 Å². The number of amidine groups is 1. The van der Waals surface area contributed by atoms with Gasteiger partial charge in [0.1, 0.15) is 11.5 Å². The molecule has 0 bridgehead atoms. The van der Waals surface area contributed by atoms with Crippen LogP contribution in [0.3, 0.4) is 0 Å². The number of hydrogen-bond acceptors (Lipinski definition) is 4. The van der Waals surface area contributed by atoms with Gasteiger partial charge < -0.3 is 15.7 Å². The second-order valence-electron chi connectivity index (χ2n) is 4.64. The van der Waals surface area contributed by atoms with E-state index in [4.69, 9.17) is 11.1 Å². The van der Waals surface area contributed by atoms with Crippen LogP contribution >= 0.6 is 0 Å². The summed E-state index contributed by atoms with van der Waals surface area (Å²) in [5.74, 6) is -0.0397. The molecule has 0 fully saturated rings. The van der Waals surface area contributed by atoms with Crippen LogP contribution in [0.4, 0.5) is 5.69 Å². The summed E-state index contributed by atoms with van der Waals surface area (Å²) in [6.45, 7) is 6.88. The van der Waals surface area contributed by atoms with E-state index in [0.29, 0.717) is 12.2 Å². The molecule has 0 saturated heterocycles. The SMILES string of the molecule is CCN(CC(C)(C)O)c1ccc(C(=N)N)nc1. The van der Waals surface area contributed by atoms with Crippen molar-refractivity contribution < 1.29 is 5.11 Å². The summed E-state index contributed by atoms with van der Waals surface area (Å²) < 4.78 is 0. The Morgan fingerprint density at radius 3 is 2.53 bits per heavy atom. The molecule has 5 nitrogen and oxygen atoms in total. The van der Waals surface area contributed by atoms with Crippen molar-refractivity contribution in [1.29, 1.82) is 5.41 Å². The minimum absolute atomic E-state index is 0.0397. The Morgan fingerprint density at radius 1 is 1.53 bits per heavy atom. The molecule has 0 aliphatic heterocycles. The minimum atomic E-state index is -0.755. The average molecular weight is 236 g/mol. The van der Waals surface area contributed by atoms with E-state index in [1.54, 1.807) is 26.1 Å². The van der Waals surface area contributed by atoms with Gasteiger partial charge in [0.25, 0.3) is 0 Å². The fourth-order valence-electron chi connectivity index (χ4n) is 1.59. The third kappa shape index (κ3) is 4.03. The largest absolute Gasteiger partial charge is 0.389 e. The lowest BCUT2D eigenvalue weighted by molar-refractivity contribution is 0.0876. The van der Waals surface area contributed by atoms with E-state index < -0.39 is 5.60 Å². The van der Waals surface area contributed by atoms with Gasteiger partial charge in [-0.25, -0.2) is 0 Å². The van der Waals surface area contributed by atoms with Crippen molar-refractivity contribution in [2.75, 3.05) is 18.0 Å². The lowest BCUT2D eigenvalue weighted by Crippen LogP contribution is -2.38. The smallest absolute Gasteiger partial charge is 0.141 e. The number of anilines is 1. The van der Waals surface area contributed by atoms with E-state index in [-0.39, 0.29) is 5.84 Å². The number of nitrogens with zero attached hydrogens (tertiary/aromatic N) is 2. The Balaban J connectivity index is 2.86. The van der Waals surface area contributed by atoms with Gasteiger partial charge in [-0.2, -0.15) is 0 Å². The molecular formula is C12H20N4O. The predicted octanol–water partition coefficient (Wildman–Crippen LogP) is 0.963. The van der Waals surface area contributed by atoms with E-state index in [9.17, 15) is 5.11 Å². The zero-order valence-corrected chi connectivity index (χ0v) is 10.6. The number of hydrogen-bond donors (Lipinski definition) is 3. The van der Waals surface area contributed by atoms with E-state index in [1.807, 2.05) is 17.9 Å². The molecule has 4 N–H and O–H groups in total. The summed E-state index contributed by atoms with van der Waals surface area (Å²) in [6.07, 6.45) is 1.67. The summed E-state index contributed by atoms with van der Waals surface area (Å²) in [4.78, 5) is 6.13. The van der Waals surface area contributed by atoms with Crippen LogP contribution in [-0.4, -0.2) is 34.6 Å². The molecule has 0 spiro atoms. The Bertz CT molecular complexity index is 380. The highest BCUT2D eigenvalue weighted by atomic mass is 16.3. The van der Waals surface area contributed by atoms with Crippen LogP contribution in [0, 0.1) is 5.41 Å². The molecule has 1 rings (SSSR count). The van der Waals surface area contributed by atoms with Gasteiger partial charge in [-0.05, 0) is 32.9 Å². The Kier molecular flexibility index (Phi) is 4.07. The highest BCUT2D eigenvalue weighted by Gasteiger charge is 2.17. The highest BCUT2D eigenvalue weighted by Crippen LogP contribution is 2.16. The summed E-state index contributed by atoms with van der Waals surface area (Å²) in [7, 11) is 0. The second kappa shape index (κ2) is 5.14. The number of aromatic nitrogens is 1. The number of rotatable bonds is 5. The summed E-state index contributed by atoms with van der Waals surface area (Å²) in [5, 5.41) is 17.1. The van der Waals surface area contributed by atoms with Gasteiger partial charge >= 0.3 is 0 Å². The number of pyridine rings is 1. The third-order valence-electron chi connectivity index (χ3n) is 2.35. The molecule has 94 valence electrons. The first-order valence-electron chi connectivity index (χ1n) is 5.61. The number of aliphatic hydroxyl groups is 1. The molecule has 5 heteroatoms. The molecule has 0 amide bonds. The van der Waals surface area contributed by atoms with Crippen LogP contribution in [0.25, 0.3) is 0 Å².